The van der Waals surface area contributed by atoms with E-state index in [-0.39, 0.29) is 18.0 Å². The molecule has 1 fully saturated rings. The Morgan fingerprint density at radius 1 is 1.24 bits per heavy atom. The van der Waals surface area contributed by atoms with Gasteiger partial charge in [-0.1, -0.05) is 36.4 Å². The topological polar surface area (TPSA) is 26.3 Å². The van der Waals surface area contributed by atoms with Crippen molar-refractivity contribution in [3.63, 3.8) is 0 Å². The summed E-state index contributed by atoms with van der Waals surface area (Å²) in [6.07, 6.45) is 8.07. The van der Waals surface area contributed by atoms with Crippen LogP contribution in [0.25, 0.3) is 6.08 Å². The molecule has 1 aliphatic heterocycles. The Morgan fingerprint density at radius 3 is 2.88 bits per heavy atom. The molecule has 2 atom stereocenters. The maximum atomic E-state index is 11.8. The summed E-state index contributed by atoms with van der Waals surface area (Å²) in [5.74, 6) is 0.0862. The highest BCUT2D eigenvalue weighted by Crippen LogP contribution is 2.36. The SMILES string of the molecule is O=C1O[C@H]2C=CCC[C@H]2/C1=C\c1ccccc1. The first kappa shape index (κ1) is 10.3. The van der Waals surface area contributed by atoms with Gasteiger partial charge in [-0.15, -0.1) is 0 Å². The van der Waals surface area contributed by atoms with Gasteiger partial charge in [0.2, 0.25) is 0 Å². The fourth-order valence-electron chi connectivity index (χ4n) is 2.50. The van der Waals surface area contributed by atoms with Crippen molar-refractivity contribution in [2.45, 2.75) is 18.9 Å². The minimum atomic E-state index is -0.157. The molecule has 1 saturated heterocycles. The summed E-state index contributed by atoms with van der Waals surface area (Å²) in [5.41, 5.74) is 1.89. The van der Waals surface area contributed by atoms with E-state index in [2.05, 4.69) is 6.08 Å². The van der Waals surface area contributed by atoms with Gasteiger partial charge in [-0.3, -0.25) is 0 Å². The second kappa shape index (κ2) is 4.21. The van der Waals surface area contributed by atoms with Crippen molar-refractivity contribution in [1.82, 2.24) is 0 Å². The predicted molar refractivity (Wildman–Crippen MR) is 66.2 cm³/mol. The van der Waals surface area contributed by atoms with Crippen LogP contribution in [0.4, 0.5) is 0 Å². The highest BCUT2D eigenvalue weighted by Gasteiger charge is 2.38. The van der Waals surface area contributed by atoms with E-state index in [9.17, 15) is 4.79 Å². The van der Waals surface area contributed by atoms with E-state index in [1.807, 2.05) is 42.5 Å². The highest BCUT2D eigenvalue weighted by atomic mass is 16.5. The average Bonchev–Trinajstić information content (AvgIpc) is 2.68. The van der Waals surface area contributed by atoms with Gasteiger partial charge < -0.3 is 4.74 Å². The molecule has 0 amide bonds. The lowest BCUT2D eigenvalue weighted by atomic mass is 9.86. The van der Waals surface area contributed by atoms with Crippen molar-refractivity contribution in [3.05, 3.63) is 53.6 Å². The molecular weight excluding hydrogens is 212 g/mol. The lowest BCUT2D eigenvalue weighted by molar-refractivity contribution is -0.137. The minimum Gasteiger partial charge on any atom is -0.454 e. The van der Waals surface area contributed by atoms with Crippen LogP contribution in [0.5, 0.6) is 0 Å². The number of hydrogen-bond donors (Lipinski definition) is 0. The maximum absolute atomic E-state index is 11.8. The Kier molecular flexibility index (Phi) is 2.56. The molecule has 1 aliphatic carbocycles. The first-order valence-corrected chi connectivity index (χ1v) is 5.99. The Bertz CT molecular complexity index is 485. The molecule has 17 heavy (non-hydrogen) atoms. The largest absolute Gasteiger partial charge is 0.454 e. The van der Waals surface area contributed by atoms with E-state index in [1.165, 1.54) is 0 Å². The van der Waals surface area contributed by atoms with Crippen molar-refractivity contribution >= 4 is 12.0 Å². The molecular formula is C15H14O2. The van der Waals surface area contributed by atoms with Gasteiger partial charge in [0.05, 0.1) is 0 Å². The van der Waals surface area contributed by atoms with Crippen molar-refractivity contribution in [2.24, 2.45) is 5.92 Å². The predicted octanol–water partition coefficient (Wildman–Crippen LogP) is 2.96. The Labute approximate surface area is 101 Å². The van der Waals surface area contributed by atoms with Gasteiger partial charge in [0.15, 0.2) is 0 Å². The first-order chi connectivity index (χ1) is 8.34. The number of benzene rings is 1. The van der Waals surface area contributed by atoms with Crippen LogP contribution in [0, 0.1) is 5.92 Å². The molecule has 0 aromatic heterocycles. The van der Waals surface area contributed by atoms with E-state index < -0.39 is 0 Å². The summed E-state index contributed by atoms with van der Waals surface area (Å²) in [4.78, 5) is 11.8. The van der Waals surface area contributed by atoms with Gasteiger partial charge in [-0.25, -0.2) is 4.79 Å². The van der Waals surface area contributed by atoms with Crippen LogP contribution in [0.3, 0.4) is 0 Å². The third kappa shape index (κ3) is 1.91. The van der Waals surface area contributed by atoms with Crippen molar-refractivity contribution in [2.75, 3.05) is 0 Å². The molecule has 0 spiro atoms. The minimum absolute atomic E-state index is 0.0359. The molecule has 3 rings (SSSR count). The molecule has 2 nitrogen and oxygen atoms in total. The highest BCUT2D eigenvalue weighted by molar-refractivity contribution is 5.96. The number of fused-ring (bicyclic) bond motifs is 1. The van der Waals surface area contributed by atoms with Crippen LogP contribution in [-0.2, 0) is 9.53 Å². The zero-order valence-corrected chi connectivity index (χ0v) is 9.50. The number of esters is 1. The van der Waals surface area contributed by atoms with Gasteiger partial charge in [0, 0.05) is 11.5 Å². The van der Waals surface area contributed by atoms with Gasteiger partial charge >= 0.3 is 5.97 Å². The van der Waals surface area contributed by atoms with Gasteiger partial charge in [-0.05, 0) is 30.6 Å². The van der Waals surface area contributed by atoms with Crippen LogP contribution in [-0.4, -0.2) is 12.1 Å². The summed E-state index contributed by atoms with van der Waals surface area (Å²) in [5, 5.41) is 0. The molecule has 1 aromatic rings. The second-order valence-corrected chi connectivity index (χ2v) is 4.49. The van der Waals surface area contributed by atoms with E-state index in [0.29, 0.717) is 0 Å². The molecule has 0 radical (unpaired) electrons. The van der Waals surface area contributed by atoms with Crippen LogP contribution in [0.1, 0.15) is 18.4 Å². The van der Waals surface area contributed by atoms with E-state index in [4.69, 9.17) is 4.74 Å². The third-order valence-electron chi connectivity index (χ3n) is 3.37. The second-order valence-electron chi connectivity index (χ2n) is 4.49. The number of carbonyl (C=O) groups is 1. The molecule has 0 N–H and O–H groups in total. The van der Waals surface area contributed by atoms with Crippen LogP contribution in [0.2, 0.25) is 0 Å². The Morgan fingerprint density at radius 2 is 2.06 bits per heavy atom. The molecule has 2 heteroatoms. The summed E-state index contributed by atoms with van der Waals surface area (Å²) in [6, 6.07) is 9.94. The van der Waals surface area contributed by atoms with Crippen molar-refractivity contribution < 1.29 is 9.53 Å². The number of carbonyl (C=O) groups excluding carboxylic acids is 1. The zero-order valence-electron chi connectivity index (χ0n) is 9.50. The van der Waals surface area contributed by atoms with Crippen LogP contribution < -0.4 is 0 Å². The number of hydrogen-bond acceptors (Lipinski definition) is 2. The maximum Gasteiger partial charge on any atom is 0.335 e. The molecule has 1 aromatic carbocycles. The fourth-order valence-corrected chi connectivity index (χ4v) is 2.50. The molecule has 1 heterocycles. The van der Waals surface area contributed by atoms with E-state index in [0.717, 1.165) is 24.0 Å². The summed E-state index contributed by atoms with van der Waals surface area (Å²) in [6.45, 7) is 0. The number of allylic oxidation sites excluding steroid dienone is 1. The summed E-state index contributed by atoms with van der Waals surface area (Å²) in [7, 11) is 0. The number of rotatable bonds is 1. The molecule has 0 saturated carbocycles. The molecule has 2 aliphatic rings. The Balaban J connectivity index is 1.95. The van der Waals surface area contributed by atoms with E-state index in [1.54, 1.807) is 0 Å². The van der Waals surface area contributed by atoms with Gasteiger partial charge in [0.25, 0.3) is 0 Å². The standard InChI is InChI=1S/C15H14O2/c16-15-13(10-11-6-2-1-3-7-11)12-8-4-5-9-14(12)17-15/h1-3,5-7,9-10,12,14H,4,8H2/b13-10+/t12-,14-/m0/s1. The summed E-state index contributed by atoms with van der Waals surface area (Å²) < 4.78 is 5.36. The lowest BCUT2D eigenvalue weighted by Gasteiger charge is -2.17. The van der Waals surface area contributed by atoms with Crippen molar-refractivity contribution in [1.29, 1.82) is 0 Å². The van der Waals surface area contributed by atoms with Crippen LogP contribution in [0.15, 0.2) is 48.1 Å². The van der Waals surface area contributed by atoms with Crippen LogP contribution >= 0.6 is 0 Å². The lowest BCUT2D eigenvalue weighted by Crippen LogP contribution is -2.16. The van der Waals surface area contributed by atoms with Gasteiger partial charge in [0.1, 0.15) is 6.10 Å². The molecule has 0 bridgehead atoms. The zero-order chi connectivity index (χ0) is 11.7. The summed E-state index contributed by atoms with van der Waals surface area (Å²) >= 11 is 0. The quantitative estimate of drug-likeness (QED) is 0.418. The van der Waals surface area contributed by atoms with Crippen molar-refractivity contribution in [3.8, 4) is 0 Å². The molecule has 86 valence electrons. The first-order valence-electron chi connectivity index (χ1n) is 5.99. The Hall–Kier alpha value is -1.83. The molecule has 0 unspecified atom stereocenters. The monoisotopic (exact) mass is 226 g/mol. The average molecular weight is 226 g/mol. The number of ether oxygens (including phenoxy) is 1. The normalized spacial score (nSPS) is 29.2. The van der Waals surface area contributed by atoms with E-state index >= 15 is 0 Å². The van der Waals surface area contributed by atoms with Gasteiger partial charge in [-0.2, -0.15) is 0 Å². The fraction of sp³-hybridized carbons (Fsp3) is 0.267. The smallest absolute Gasteiger partial charge is 0.335 e. The third-order valence-corrected chi connectivity index (χ3v) is 3.37.